The zero-order chi connectivity index (χ0) is 51.3. The van der Waals surface area contributed by atoms with E-state index in [0.717, 1.165) is 33.4 Å². The van der Waals surface area contributed by atoms with Gasteiger partial charge in [-0.3, -0.25) is 9.59 Å². The van der Waals surface area contributed by atoms with E-state index in [-0.39, 0.29) is 52.9 Å². The molecule has 8 rings (SSSR count). The van der Waals surface area contributed by atoms with E-state index in [1.807, 2.05) is 182 Å². The van der Waals surface area contributed by atoms with Gasteiger partial charge in [-0.15, -0.1) is 6.58 Å². The molecule has 0 amide bonds. The van der Waals surface area contributed by atoms with Crippen molar-refractivity contribution in [2.24, 2.45) is 0 Å². The maximum Gasteiger partial charge on any atom is 0.303 e. The first-order valence-corrected chi connectivity index (χ1v) is 25.1. The standard InChI is InChI=1S/C61H66O13/c1-4-35-65-57-58(71-43(2)62)55(69-40-49-31-19-9-20-32-49)54(68-39-48-29-17-8-18-30-48)56(70-41-50-33-21-10-22-34-50)59(57)74-61-60(72-44(3)63)53(67-38-47-27-15-7-16-28-47)52(66-37-46-25-13-6-14-26-46)51(73-61)42-64-36-45-23-11-5-12-24-45/h4-34,51-61H,1,35-42H2,2-3H3/t51-,52-,53+,54-,55-,56+,57-,58+,59+,60+,61-/m1/s1. The second kappa shape index (κ2) is 28.3. The van der Waals surface area contributed by atoms with Crippen LogP contribution in [0.25, 0.3) is 0 Å². The van der Waals surface area contributed by atoms with Gasteiger partial charge in [-0.25, -0.2) is 0 Å². The third-order valence-electron chi connectivity index (χ3n) is 12.7. The first-order valence-electron chi connectivity index (χ1n) is 25.1. The number of carbonyl (C=O) groups is 2. The Bertz CT molecular complexity index is 2560. The molecule has 6 aromatic rings. The number of esters is 2. The fourth-order valence-corrected chi connectivity index (χ4v) is 9.23. The summed E-state index contributed by atoms with van der Waals surface area (Å²) in [5, 5.41) is 0. The third kappa shape index (κ3) is 15.6. The summed E-state index contributed by atoms with van der Waals surface area (Å²) in [6, 6.07) is 58.4. The highest BCUT2D eigenvalue weighted by Gasteiger charge is 2.59. The lowest BCUT2D eigenvalue weighted by molar-refractivity contribution is -0.358. The van der Waals surface area contributed by atoms with E-state index in [9.17, 15) is 9.59 Å². The minimum absolute atomic E-state index is 0.0156. The van der Waals surface area contributed by atoms with Crippen molar-refractivity contribution in [3.8, 4) is 0 Å². The fourth-order valence-electron chi connectivity index (χ4n) is 9.23. The quantitative estimate of drug-likeness (QED) is 0.0377. The first-order chi connectivity index (χ1) is 36.3. The van der Waals surface area contributed by atoms with Crippen LogP contribution in [0.3, 0.4) is 0 Å². The summed E-state index contributed by atoms with van der Waals surface area (Å²) < 4.78 is 74.7. The van der Waals surface area contributed by atoms with Crippen LogP contribution >= 0.6 is 0 Å². The summed E-state index contributed by atoms with van der Waals surface area (Å²) in [5.74, 6) is -1.20. The van der Waals surface area contributed by atoms with E-state index in [1.54, 1.807) is 6.08 Å². The Labute approximate surface area is 434 Å². The van der Waals surface area contributed by atoms with E-state index in [2.05, 4.69) is 6.58 Å². The zero-order valence-electron chi connectivity index (χ0n) is 41.9. The minimum Gasteiger partial charge on any atom is -0.457 e. The molecular formula is C61H66O13. The third-order valence-corrected chi connectivity index (χ3v) is 12.7. The Kier molecular flexibility index (Phi) is 20.7. The number of rotatable bonds is 26. The lowest BCUT2D eigenvalue weighted by atomic mass is 9.83. The second-order valence-corrected chi connectivity index (χ2v) is 18.2. The van der Waals surface area contributed by atoms with Gasteiger partial charge in [0.2, 0.25) is 0 Å². The van der Waals surface area contributed by atoms with Crippen LogP contribution in [-0.2, 0) is 101 Å². The number of hydrogen-bond donors (Lipinski definition) is 0. The van der Waals surface area contributed by atoms with E-state index in [1.165, 1.54) is 13.8 Å². The lowest BCUT2D eigenvalue weighted by Crippen LogP contribution is -2.70. The molecule has 2 aliphatic rings. The van der Waals surface area contributed by atoms with Crippen LogP contribution in [0.2, 0.25) is 0 Å². The van der Waals surface area contributed by atoms with Gasteiger partial charge in [0.15, 0.2) is 18.5 Å². The SMILES string of the molecule is C=CCO[C@@H]1[C@@H](OC(C)=O)[C@H](OCc2ccccc2)[C@@H](OCc2ccccc2)[C@H](OCc2ccccc2)[C@@H]1O[C@H]1O[C@H](COCc2ccccc2)[C@@H](OCc2ccccc2)[C@H](OCc2ccccc2)[C@@H]1OC(C)=O. The van der Waals surface area contributed by atoms with Crippen molar-refractivity contribution < 1.29 is 61.7 Å². The molecule has 0 aromatic heterocycles. The average molecular weight is 1010 g/mol. The van der Waals surface area contributed by atoms with Crippen LogP contribution in [0.1, 0.15) is 47.2 Å². The molecule has 1 heterocycles. The summed E-state index contributed by atoms with van der Waals surface area (Å²) in [6.45, 7) is 7.60. The molecule has 11 atom stereocenters. The summed E-state index contributed by atoms with van der Waals surface area (Å²) in [5.41, 5.74) is 5.37. The van der Waals surface area contributed by atoms with Gasteiger partial charge in [0.05, 0.1) is 52.9 Å². The van der Waals surface area contributed by atoms with Crippen molar-refractivity contribution in [1.29, 1.82) is 0 Å². The fraction of sp³-hybridized carbons (Fsp3) is 0.344. The van der Waals surface area contributed by atoms with Crippen LogP contribution in [0.4, 0.5) is 0 Å². The van der Waals surface area contributed by atoms with Crippen molar-refractivity contribution in [2.75, 3.05) is 13.2 Å². The zero-order valence-corrected chi connectivity index (χ0v) is 41.9. The molecule has 74 heavy (non-hydrogen) atoms. The maximum absolute atomic E-state index is 13.5. The second-order valence-electron chi connectivity index (χ2n) is 18.2. The molecule has 0 radical (unpaired) electrons. The van der Waals surface area contributed by atoms with Gasteiger partial charge in [-0.05, 0) is 33.4 Å². The van der Waals surface area contributed by atoms with Crippen LogP contribution in [0.5, 0.6) is 0 Å². The predicted molar refractivity (Wildman–Crippen MR) is 276 cm³/mol. The molecule has 0 spiro atoms. The van der Waals surface area contributed by atoms with Gasteiger partial charge >= 0.3 is 11.9 Å². The van der Waals surface area contributed by atoms with Gasteiger partial charge in [0, 0.05) is 13.8 Å². The molecule has 388 valence electrons. The highest BCUT2D eigenvalue weighted by Crippen LogP contribution is 2.39. The number of benzene rings is 6. The summed E-state index contributed by atoms with van der Waals surface area (Å²) in [7, 11) is 0. The number of ether oxygens (including phenoxy) is 11. The van der Waals surface area contributed by atoms with E-state index >= 15 is 0 Å². The van der Waals surface area contributed by atoms with Crippen LogP contribution in [0, 0.1) is 0 Å². The molecule has 0 unspecified atom stereocenters. The summed E-state index contributed by atoms with van der Waals surface area (Å²) in [6.07, 6.45) is -10.2. The number of hydrogen-bond acceptors (Lipinski definition) is 13. The molecule has 1 aliphatic heterocycles. The average Bonchev–Trinajstić information content (AvgIpc) is 3.43. The van der Waals surface area contributed by atoms with Gasteiger partial charge in [0.1, 0.15) is 48.8 Å². The van der Waals surface area contributed by atoms with Gasteiger partial charge in [0.25, 0.3) is 0 Å². The number of carbonyl (C=O) groups excluding carboxylic acids is 2. The van der Waals surface area contributed by atoms with E-state index < -0.39 is 79.3 Å². The highest BCUT2D eigenvalue weighted by atomic mass is 16.7. The molecule has 13 nitrogen and oxygen atoms in total. The Balaban J connectivity index is 1.23. The van der Waals surface area contributed by atoms with Crippen LogP contribution in [0.15, 0.2) is 195 Å². The van der Waals surface area contributed by atoms with Crippen molar-refractivity contribution in [3.63, 3.8) is 0 Å². The smallest absolute Gasteiger partial charge is 0.303 e. The van der Waals surface area contributed by atoms with Crippen molar-refractivity contribution in [2.45, 2.75) is 121 Å². The molecule has 6 aromatic carbocycles. The normalized spacial score (nSPS) is 24.6. The molecule has 1 saturated heterocycles. The van der Waals surface area contributed by atoms with E-state index in [4.69, 9.17) is 52.1 Å². The summed E-state index contributed by atoms with van der Waals surface area (Å²) >= 11 is 0. The Morgan fingerprint density at radius 1 is 0.405 bits per heavy atom. The largest absolute Gasteiger partial charge is 0.457 e. The van der Waals surface area contributed by atoms with Crippen molar-refractivity contribution in [1.82, 2.24) is 0 Å². The molecule has 1 aliphatic carbocycles. The Morgan fingerprint density at radius 2 is 0.716 bits per heavy atom. The maximum atomic E-state index is 13.5. The van der Waals surface area contributed by atoms with E-state index in [0.29, 0.717) is 0 Å². The first kappa shape index (κ1) is 53.9. The molecule has 0 N–H and O–H groups in total. The minimum atomic E-state index is -1.39. The highest BCUT2D eigenvalue weighted by molar-refractivity contribution is 5.66. The summed E-state index contributed by atoms with van der Waals surface area (Å²) in [4.78, 5) is 26.8. The van der Waals surface area contributed by atoms with Crippen molar-refractivity contribution >= 4 is 11.9 Å². The van der Waals surface area contributed by atoms with Gasteiger partial charge in [-0.1, -0.05) is 188 Å². The van der Waals surface area contributed by atoms with Gasteiger partial charge in [-0.2, -0.15) is 0 Å². The topological polar surface area (TPSA) is 136 Å². The van der Waals surface area contributed by atoms with Crippen LogP contribution < -0.4 is 0 Å². The molecule has 0 bridgehead atoms. The van der Waals surface area contributed by atoms with Crippen molar-refractivity contribution in [3.05, 3.63) is 228 Å². The van der Waals surface area contributed by atoms with Crippen LogP contribution in [-0.4, -0.2) is 92.5 Å². The molecule has 1 saturated carbocycles. The van der Waals surface area contributed by atoms with Gasteiger partial charge < -0.3 is 52.1 Å². The Morgan fingerprint density at radius 3 is 1.09 bits per heavy atom. The molecule has 2 fully saturated rings. The monoisotopic (exact) mass is 1010 g/mol. The molecular weight excluding hydrogens is 941 g/mol. The molecule has 13 heteroatoms. The predicted octanol–water partition coefficient (Wildman–Crippen LogP) is 9.69. The Hall–Kier alpha value is -6.36. The lowest BCUT2D eigenvalue weighted by Gasteiger charge is -2.51.